The van der Waals surface area contributed by atoms with Gasteiger partial charge >= 0.3 is 0 Å². The second kappa shape index (κ2) is 7.80. The number of hydrogen-bond acceptors (Lipinski definition) is 4. The van der Waals surface area contributed by atoms with Gasteiger partial charge in [0.1, 0.15) is 10.7 Å². The van der Waals surface area contributed by atoms with E-state index in [0.717, 1.165) is 23.7 Å². The second-order valence-electron chi connectivity index (χ2n) is 6.04. The molecule has 1 atom stereocenters. The van der Waals surface area contributed by atoms with E-state index >= 15 is 0 Å². The molecule has 25 heavy (non-hydrogen) atoms. The largest absolute Gasteiger partial charge is 0.394 e. The summed E-state index contributed by atoms with van der Waals surface area (Å²) in [5, 5.41) is 15.9. The Morgan fingerprint density at radius 1 is 1.36 bits per heavy atom. The van der Waals surface area contributed by atoms with Crippen LogP contribution >= 0.6 is 11.3 Å². The number of rotatable bonds is 7. The van der Waals surface area contributed by atoms with Crippen molar-refractivity contribution in [2.45, 2.75) is 39.3 Å². The van der Waals surface area contributed by atoms with E-state index < -0.39 is 0 Å². The highest BCUT2D eigenvalue weighted by molar-refractivity contribution is 7.13. The van der Waals surface area contributed by atoms with Crippen LogP contribution in [0.25, 0.3) is 21.6 Å². The molecule has 2 heterocycles. The summed E-state index contributed by atoms with van der Waals surface area (Å²) in [4.78, 5) is 16.9. The number of aliphatic hydroxyl groups is 1. The Morgan fingerprint density at radius 3 is 2.88 bits per heavy atom. The molecule has 0 aliphatic carbocycles. The number of nitrogens with one attached hydrogen (secondary N) is 1. The van der Waals surface area contributed by atoms with Crippen LogP contribution in [-0.4, -0.2) is 33.2 Å². The number of aryl methyl sites for hydroxylation is 1. The van der Waals surface area contributed by atoms with Crippen molar-refractivity contribution in [3.8, 4) is 10.7 Å². The lowest BCUT2D eigenvalue weighted by Crippen LogP contribution is -2.37. The van der Waals surface area contributed by atoms with Gasteiger partial charge in [-0.3, -0.25) is 4.79 Å². The van der Waals surface area contributed by atoms with Crippen LogP contribution in [0.1, 0.15) is 37.2 Å². The summed E-state index contributed by atoms with van der Waals surface area (Å²) in [5.41, 5.74) is 2.63. The zero-order valence-electron chi connectivity index (χ0n) is 14.5. The van der Waals surface area contributed by atoms with Crippen molar-refractivity contribution in [2.24, 2.45) is 0 Å². The molecule has 132 valence electrons. The van der Waals surface area contributed by atoms with Crippen LogP contribution in [0.4, 0.5) is 0 Å². The molecule has 0 radical (unpaired) electrons. The van der Waals surface area contributed by atoms with Gasteiger partial charge in [0.15, 0.2) is 0 Å². The van der Waals surface area contributed by atoms with Gasteiger partial charge in [0, 0.05) is 22.8 Å². The van der Waals surface area contributed by atoms with E-state index in [0.29, 0.717) is 12.1 Å². The third-order valence-corrected chi connectivity index (χ3v) is 5.13. The highest BCUT2D eigenvalue weighted by atomic mass is 32.1. The number of thiazole rings is 1. The fourth-order valence-electron chi connectivity index (χ4n) is 2.88. The van der Waals surface area contributed by atoms with Gasteiger partial charge in [-0.15, -0.1) is 11.3 Å². The Balaban J connectivity index is 1.93. The lowest BCUT2D eigenvalue weighted by atomic mass is 10.2. The van der Waals surface area contributed by atoms with Crippen molar-refractivity contribution in [2.75, 3.05) is 6.61 Å². The van der Waals surface area contributed by atoms with E-state index in [1.807, 2.05) is 19.1 Å². The number of fused-ring (bicyclic) bond motifs is 1. The minimum Gasteiger partial charge on any atom is -0.394 e. The molecule has 1 amide bonds. The molecule has 3 aromatic rings. The Morgan fingerprint density at radius 2 is 2.16 bits per heavy atom. The number of benzene rings is 1. The summed E-state index contributed by atoms with van der Waals surface area (Å²) in [6.45, 7) is 4.92. The van der Waals surface area contributed by atoms with E-state index in [9.17, 15) is 9.90 Å². The molecule has 2 N–H and O–H groups in total. The molecule has 0 aliphatic rings. The number of aliphatic hydroxyl groups excluding tert-OH is 1. The Labute approximate surface area is 151 Å². The first-order chi connectivity index (χ1) is 12.2. The maximum Gasteiger partial charge on any atom is 0.271 e. The van der Waals surface area contributed by atoms with Crippen molar-refractivity contribution in [1.82, 2.24) is 14.9 Å². The third kappa shape index (κ3) is 3.60. The maximum atomic E-state index is 12.3. The number of carbonyl (C=O) groups excluding carboxylic acids is 1. The number of carbonyl (C=O) groups is 1. The highest BCUT2D eigenvalue weighted by Gasteiger charge is 2.18. The quantitative estimate of drug-likeness (QED) is 0.678. The molecule has 3 rings (SSSR count). The van der Waals surface area contributed by atoms with Crippen LogP contribution in [0.15, 0.2) is 35.7 Å². The van der Waals surface area contributed by atoms with E-state index in [4.69, 9.17) is 0 Å². The van der Waals surface area contributed by atoms with Crippen LogP contribution in [0.2, 0.25) is 0 Å². The SMILES string of the molecule is CCCn1c(-c2nc(C(=O)NC(CC)CO)cs2)cc2ccccc21. The fraction of sp³-hybridized carbons (Fsp3) is 0.368. The Kier molecular flexibility index (Phi) is 5.50. The molecule has 0 fully saturated rings. The first kappa shape index (κ1) is 17.6. The average Bonchev–Trinajstić information content (AvgIpc) is 3.25. The number of aromatic nitrogens is 2. The normalized spacial score (nSPS) is 12.4. The summed E-state index contributed by atoms with van der Waals surface area (Å²) >= 11 is 1.47. The zero-order valence-corrected chi connectivity index (χ0v) is 15.3. The minimum absolute atomic E-state index is 0.0655. The summed E-state index contributed by atoms with van der Waals surface area (Å²) in [7, 11) is 0. The zero-order chi connectivity index (χ0) is 17.8. The van der Waals surface area contributed by atoms with Crippen molar-refractivity contribution in [1.29, 1.82) is 0 Å². The summed E-state index contributed by atoms with van der Waals surface area (Å²) in [6.07, 6.45) is 1.71. The maximum absolute atomic E-state index is 12.3. The molecule has 0 aliphatic heterocycles. The summed E-state index contributed by atoms with van der Waals surface area (Å²) in [6, 6.07) is 10.2. The van der Waals surface area contributed by atoms with E-state index in [1.54, 1.807) is 5.38 Å². The van der Waals surface area contributed by atoms with Crippen molar-refractivity contribution in [3.05, 3.63) is 41.4 Å². The van der Waals surface area contributed by atoms with Gasteiger partial charge in [0.2, 0.25) is 0 Å². The smallest absolute Gasteiger partial charge is 0.271 e. The lowest BCUT2D eigenvalue weighted by Gasteiger charge is -2.12. The average molecular weight is 357 g/mol. The van der Waals surface area contributed by atoms with Crippen LogP contribution < -0.4 is 5.32 Å². The molecular weight excluding hydrogens is 334 g/mol. The molecule has 0 saturated heterocycles. The van der Waals surface area contributed by atoms with Gasteiger partial charge < -0.3 is 15.0 Å². The third-order valence-electron chi connectivity index (χ3n) is 4.26. The Bertz CT molecular complexity index is 865. The molecule has 0 saturated carbocycles. The monoisotopic (exact) mass is 357 g/mol. The standard InChI is InChI=1S/C19H23N3O2S/c1-3-9-22-16-8-6-5-7-13(16)10-17(22)19-21-15(12-25-19)18(24)20-14(4-2)11-23/h5-8,10,12,14,23H,3-4,9,11H2,1-2H3,(H,20,24). The van der Waals surface area contributed by atoms with Gasteiger partial charge in [0.05, 0.1) is 18.3 Å². The minimum atomic E-state index is -0.235. The van der Waals surface area contributed by atoms with Gasteiger partial charge in [-0.2, -0.15) is 0 Å². The van der Waals surface area contributed by atoms with Crippen molar-refractivity contribution < 1.29 is 9.90 Å². The first-order valence-corrected chi connectivity index (χ1v) is 9.51. The van der Waals surface area contributed by atoms with Crippen LogP contribution in [0.3, 0.4) is 0 Å². The molecule has 6 heteroatoms. The molecule has 2 aromatic heterocycles. The van der Waals surface area contributed by atoms with E-state index in [1.165, 1.54) is 22.2 Å². The first-order valence-electron chi connectivity index (χ1n) is 8.63. The van der Waals surface area contributed by atoms with Crippen molar-refractivity contribution in [3.63, 3.8) is 0 Å². The molecule has 0 spiro atoms. The Hall–Kier alpha value is -2.18. The summed E-state index contributed by atoms with van der Waals surface area (Å²) < 4.78 is 2.26. The molecule has 0 bridgehead atoms. The van der Waals surface area contributed by atoms with Gasteiger partial charge in [-0.05, 0) is 25.0 Å². The van der Waals surface area contributed by atoms with Crippen molar-refractivity contribution >= 4 is 28.1 Å². The number of nitrogens with zero attached hydrogens (tertiary/aromatic N) is 2. The van der Waals surface area contributed by atoms with Gasteiger partial charge in [0.25, 0.3) is 5.91 Å². The predicted molar refractivity (Wildman–Crippen MR) is 102 cm³/mol. The predicted octanol–water partition coefficient (Wildman–Crippen LogP) is 3.68. The lowest BCUT2D eigenvalue weighted by molar-refractivity contribution is 0.0910. The molecular formula is C19H23N3O2S. The molecule has 1 aromatic carbocycles. The van der Waals surface area contributed by atoms with Crippen LogP contribution in [0.5, 0.6) is 0 Å². The van der Waals surface area contributed by atoms with Crippen LogP contribution in [0, 0.1) is 0 Å². The van der Waals surface area contributed by atoms with E-state index in [2.05, 4.69) is 40.0 Å². The van der Waals surface area contributed by atoms with Gasteiger partial charge in [-0.25, -0.2) is 4.98 Å². The summed E-state index contributed by atoms with van der Waals surface area (Å²) in [5.74, 6) is -0.235. The molecule has 1 unspecified atom stereocenters. The fourth-order valence-corrected chi connectivity index (χ4v) is 3.71. The topological polar surface area (TPSA) is 67.2 Å². The van der Waals surface area contributed by atoms with E-state index in [-0.39, 0.29) is 18.6 Å². The molecule has 5 nitrogen and oxygen atoms in total. The highest BCUT2D eigenvalue weighted by Crippen LogP contribution is 2.30. The second-order valence-corrected chi connectivity index (χ2v) is 6.90. The van der Waals surface area contributed by atoms with Gasteiger partial charge in [-0.1, -0.05) is 32.0 Å². The number of amides is 1. The number of hydrogen-bond donors (Lipinski definition) is 2. The van der Waals surface area contributed by atoms with Crippen LogP contribution in [-0.2, 0) is 6.54 Å². The number of para-hydroxylation sites is 1.